The Bertz CT molecular complexity index is 1090. The minimum atomic E-state index is -0.873. The molecule has 0 aromatic heterocycles. The average Bonchev–Trinajstić information content (AvgIpc) is 3.27. The monoisotopic (exact) mass is 418 g/mol. The maximum absolute atomic E-state index is 13.4. The number of carbonyl (C=O) groups excluding carboxylic acids is 2. The number of nitrogens with zero attached hydrogens (tertiary/aromatic N) is 2. The van der Waals surface area contributed by atoms with E-state index in [1.807, 2.05) is 78.9 Å². The Kier molecular flexibility index (Phi) is 4.77. The van der Waals surface area contributed by atoms with Crippen LogP contribution in [0.1, 0.15) is 17.2 Å². The van der Waals surface area contributed by atoms with E-state index in [9.17, 15) is 9.59 Å². The van der Waals surface area contributed by atoms with Gasteiger partial charge in [-0.05, 0) is 29.3 Å². The van der Waals surface area contributed by atoms with Crippen molar-refractivity contribution in [1.29, 1.82) is 0 Å². The number of para-hydroxylation sites is 1. The summed E-state index contributed by atoms with van der Waals surface area (Å²) in [7, 11) is 0. The first-order chi connectivity index (χ1) is 14.6. The molecule has 2 aliphatic heterocycles. The number of halogens is 1. The zero-order chi connectivity index (χ0) is 20.7. The molecule has 6 heteroatoms. The van der Waals surface area contributed by atoms with Gasteiger partial charge in [0.2, 0.25) is 5.91 Å². The van der Waals surface area contributed by atoms with Crippen LogP contribution in [0.4, 0.5) is 5.69 Å². The lowest BCUT2D eigenvalue weighted by Gasteiger charge is -2.29. The predicted octanol–water partition coefficient (Wildman–Crippen LogP) is 4.39. The molecule has 30 heavy (non-hydrogen) atoms. The van der Waals surface area contributed by atoms with Crippen LogP contribution in [0.15, 0.2) is 84.9 Å². The van der Waals surface area contributed by atoms with Crippen molar-refractivity contribution in [2.45, 2.75) is 18.7 Å². The molecule has 2 aliphatic rings. The zero-order valence-corrected chi connectivity index (χ0v) is 16.8. The zero-order valence-electron chi connectivity index (χ0n) is 16.0. The largest absolute Gasteiger partial charge is 0.275 e. The highest BCUT2D eigenvalue weighted by Crippen LogP contribution is 2.48. The molecule has 0 radical (unpaired) electrons. The fourth-order valence-corrected chi connectivity index (χ4v) is 4.47. The van der Waals surface area contributed by atoms with Gasteiger partial charge in [0, 0.05) is 5.02 Å². The lowest BCUT2D eigenvalue weighted by atomic mass is 9.90. The maximum Gasteiger partial charge on any atom is 0.262 e. The summed E-state index contributed by atoms with van der Waals surface area (Å²) in [5.41, 5.74) is 2.43. The van der Waals surface area contributed by atoms with E-state index in [0.29, 0.717) is 5.02 Å². The molecule has 2 saturated heterocycles. The summed E-state index contributed by atoms with van der Waals surface area (Å²) < 4.78 is 0. The van der Waals surface area contributed by atoms with Crippen LogP contribution in [-0.2, 0) is 21.0 Å². The molecule has 3 atom stereocenters. The van der Waals surface area contributed by atoms with E-state index in [-0.39, 0.29) is 18.4 Å². The fraction of sp³-hybridized carbons (Fsp3) is 0.167. The number of hydrogen-bond donors (Lipinski definition) is 0. The highest BCUT2D eigenvalue weighted by atomic mass is 35.5. The number of likely N-dealkylation sites (tertiary alicyclic amines) is 1. The van der Waals surface area contributed by atoms with E-state index in [1.54, 1.807) is 11.1 Å². The molecular formula is C24H19ClN2O3. The van der Waals surface area contributed by atoms with E-state index < -0.39 is 18.1 Å². The van der Waals surface area contributed by atoms with Crippen LogP contribution in [0.2, 0.25) is 5.02 Å². The fourth-order valence-electron chi connectivity index (χ4n) is 4.22. The number of hydroxylamine groups is 1. The number of carbonyl (C=O) groups is 2. The van der Waals surface area contributed by atoms with Crippen LogP contribution >= 0.6 is 11.6 Å². The van der Waals surface area contributed by atoms with Gasteiger partial charge < -0.3 is 0 Å². The van der Waals surface area contributed by atoms with Gasteiger partial charge >= 0.3 is 0 Å². The molecule has 2 fully saturated rings. The molecule has 150 valence electrons. The third-order valence-corrected chi connectivity index (χ3v) is 5.97. The first-order valence-corrected chi connectivity index (χ1v) is 10.2. The summed E-state index contributed by atoms with van der Waals surface area (Å²) in [5, 5.41) is 2.20. The summed E-state index contributed by atoms with van der Waals surface area (Å²) in [6.45, 7) is 0.232. The molecule has 0 N–H and O–H groups in total. The topological polar surface area (TPSA) is 49.9 Å². The highest BCUT2D eigenvalue weighted by Gasteiger charge is 2.60. The van der Waals surface area contributed by atoms with E-state index in [4.69, 9.17) is 16.4 Å². The highest BCUT2D eigenvalue weighted by molar-refractivity contribution is 6.31. The van der Waals surface area contributed by atoms with Crippen molar-refractivity contribution in [2.24, 2.45) is 5.92 Å². The van der Waals surface area contributed by atoms with Gasteiger partial charge in [0.05, 0.1) is 18.3 Å². The molecule has 0 unspecified atom stereocenters. The summed E-state index contributed by atoms with van der Waals surface area (Å²) in [6.07, 6.45) is -0.873. The number of rotatable bonds is 4. The lowest BCUT2D eigenvalue weighted by molar-refractivity contribution is -0.143. The lowest BCUT2D eigenvalue weighted by Crippen LogP contribution is -2.37. The Morgan fingerprint density at radius 1 is 0.800 bits per heavy atom. The van der Waals surface area contributed by atoms with Crippen LogP contribution in [0, 0.1) is 5.92 Å². The smallest absolute Gasteiger partial charge is 0.262 e. The van der Waals surface area contributed by atoms with Gasteiger partial charge in [0.1, 0.15) is 5.92 Å². The Hall–Kier alpha value is -3.15. The number of imide groups is 1. The quantitative estimate of drug-likeness (QED) is 0.590. The van der Waals surface area contributed by atoms with Gasteiger partial charge in [-0.1, -0.05) is 78.3 Å². The van der Waals surface area contributed by atoms with Gasteiger partial charge in [-0.25, -0.2) is 5.06 Å². The van der Waals surface area contributed by atoms with Crippen molar-refractivity contribution < 1.29 is 14.4 Å². The Morgan fingerprint density at radius 3 is 2.13 bits per heavy atom. The van der Waals surface area contributed by atoms with Gasteiger partial charge in [-0.3, -0.25) is 19.3 Å². The average molecular weight is 419 g/mol. The number of fused-ring (bicyclic) bond motifs is 1. The molecule has 0 spiro atoms. The molecule has 3 aromatic rings. The number of anilines is 1. The van der Waals surface area contributed by atoms with Crippen LogP contribution in [0.25, 0.3) is 0 Å². The van der Waals surface area contributed by atoms with Crippen LogP contribution in [0.5, 0.6) is 0 Å². The molecule has 5 rings (SSSR count). The third kappa shape index (κ3) is 3.07. The van der Waals surface area contributed by atoms with Crippen LogP contribution in [-0.4, -0.2) is 22.8 Å². The molecular weight excluding hydrogens is 400 g/mol. The van der Waals surface area contributed by atoms with Crippen molar-refractivity contribution in [3.63, 3.8) is 0 Å². The Labute approximate surface area is 179 Å². The van der Waals surface area contributed by atoms with Crippen molar-refractivity contribution >= 4 is 29.1 Å². The van der Waals surface area contributed by atoms with Crippen molar-refractivity contribution in [1.82, 2.24) is 4.90 Å². The standard InChI is InChI=1S/C24H19ClN2O3/c25-19-14-8-7-13-18(19)21-20-22(30-27(21)17-11-5-2-6-12-17)24(29)26(23(20)28)15-16-9-3-1-4-10-16/h1-14,20-22H,15H2/t20-,21+,22+/m0/s1. The van der Waals surface area contributed by atoms with Crippen molar-refractivity contribution in [2.75, 3.05) is 5.06 Å². The van der Waals surface area contributed by atoms with E-state index in [0.717, 1.165) is 16.8 Å². The molecule has 5 nitrogen and oxygen atoms in total. The van der Waals surface area contributed by atoms with E-state index in [2.05, 4.69) is 0 Å². The van der Waals surface area contributed by atoms with Crippen molar-refractivity contribution in [3.05, 3.63) is 101 Å². The van der Waals surface area contributed by atoms with Gasteiger partial charge in [-0.15, -0.1) is 0 Å². The van der Waals surface area contributed by atoms with E-state index >= 15 is 0 Å². The first-order valence-electron chi connectivity index (χ1n) is 9.80. The summed E-state index contributed by atoms with van der Waals surface area (Å²) in [4.78, 5) is 34.0. The van der Waals surface area contributed by atoms with Crippen LogP contribution in [0.3, 0.4) is 0 Å². The molecule has 3 aromatic carbocycles. The molecule has 2 amide bonds. The first kappa shape index (κ1) is 18.9. The Morgan fingerprint density at radius 2 is 1.43 bits per heavy atom. The second-order valence-electron chi connectivity index (χ2n) is 7.43. The SMILES string of the molecule is O=C1[C@H]2[C@@H](c3ccccc3Cl)N(c3ccccc3)O[C@H]2C(=O)N1Cc1ccccc1. The molecule has 0 aliphatic carbocycles. The van der Waals surface area contributed by atoms with Crippen LogP contribution < -0.4 is 5.06 Å². The molecule has 0 bridgehead atoms. The second-order valence-corrected chi connectivity index (χ2v) is 7.83. The summed E-state index contributed by atoms with van der Waals surface area (Å²) in [5.74, 6) is -1.22. The van der Waals surface area contributed by atoms with Crippen molar-refractivity contribution in [3.8, 4) is 0 Å². The molecule has 0 saturated carbocycles. The minimum Gasteiger partial charge on any atom is -0.275 e. The number of hydrogen-bond acceptors (Lipinski definition) is 4. The number of amides is 2. The summed E-state index contributed by atoms with van der Waals surface area (Å²) >= 11 is 6.51. The molecule has 2 heterocycles. The van der Waals surface area contributed by atoms with E-state index in [1.165, 1.54) is 4.90 Å². The summed E-state index contributed by atoms with van der Waals surface area (Å²) in [6, 6.07) is 25.8. The van der Waals surface area contributed by atoms with Gasteiger partial charge in [-0.2, -0.15) is 0 Å². The van der Waals surface area contributed by atoms with Gasteiger partial charge in [0.15, 0.2) is 6.10 Å². The Balaban J connectivity index is 1.54. The normalized spacial score (nSPS) is 23.2. The maximum atomic E-state index is 13.4. The number of benzene rings is 3. The minimum absolute atomic E-state index is 0.232. The van der Waals surface area contributed by atoms with Gasteiger partial charge in [0.25, 0.3) is 5.91 Å². The predicted molar refractivity (Wildman–Crippen MR) is 113 cm³/mol. The second kappa shape index (κ2) is 7.59. The third-order valence-electron chi connectivity index (χ3n) is 5.62.